The van der Waals surface area contributed by atoms with Crippen molar-refractivity contribution in [3.63, 3.8) is 0 Å². The number of aryl methyl sites for hydroxylation is 1. The first kappa shape index (κ1) is 9.52. The number of nitrogens with zero attached hydrogens (tertiary/aromatic N) is 2. The summed E-state index contributed by atoms with van der Waals surface area (Å²) >= 11 is 0. The lowest BCUT2D eigenvalue weighted by molar-refractivity contribution is 0.112. The highest BCUT2D eigenvalue weighted by atomic mass is 16.3. The molecule has 0 bridgehead atoms. The molecule has 78 valence electrons. The predicted molar refractivity (Wildman–Crippen MR) is 54.5 cm³/mol. The van der Waals surface area contributed by atoms with E-state index in [2.05, 4.69) is 5.10 Å². The third-order valence-corrected chi connectivity index (χ3v) is 3.18. The second-order valence-corrected chi connectivity index (χ2v) is 4.10. The average molecular weight is 195 g/mol. The number of nitrogen functional groups attached to an aromatic ring is 1. The van der Waals surface area contributed by atoms with Crippen molar-refractivity contribution in [2.45, 2.75) is 31.8 Å². The number of aliphatic hydroxyl groups excluding tert-OH is 1. The molecule has 1 aliphatic rings. The van der Waals surface area contributed by atoms with E-state index in [4.69, 9.17) is 5.73 Å². The fraction of sp³-hybridized carbons (Fsp3) is 0.700. The van der Waals surface area contributed by atoms with Crippen LogP contribution in [0.4, 0.5) is 5.82 Å². The van der Waals surface area contributed by atoms with Gasteiger partial charge in [0.15, 0.2) is 0 Å². The molecule has 0 amide bonds. The topological polar surface area (TPSA) is 64.1 Å². The third-order valence-electron chi connectivity index (χ3n) is 3.18. The average Bonchev–Trinajstić information content (AvgIpc) is 2.77. The lowest BCUT2D eigenvalue weighted by atomic mass is 9.96. The number of aromatic nitrogens is 2. The number of hydrogen-bond donors (Lipinski definition) is 2. The van der Waals surface area contributed by atoms with Crippen LogP contribution in [0.1, 0.15) is 37.4 Å². The van der Waals surface area contributed by atoms with Crippen molar-refractivity contribution in [3.05, 3.63) is 11.8 Å². The Labute approximate surface area is 83.7 Å². The van der Waals surface area contributed by atoms with Crippen LogP contribution in [-0.2, 0) is 7.05 Å². The van der Waals surface area contributed by atoms with Gasteiger partial charge in [0.05, 0.1) is 12.3 Å². The van der Waals surface area contributed by atoms with Crippen LogP contribution in [0.25, 0.3) is 0 Å². The van der Waals surface area contributed by atoms with Gasteiger partial charge >= 0.3 is 0 Å². The zero-order valence-corrected chi connectivity index (χ0v) is 8.48. The van der Waals surface area contributed by atoms with Crippen LogP contribution in [0, 0.1) is 5.92 Å². The van der Waals surface area contributed by atoms with Gasteiger partial charge in [-0.1, -0.05) is 12.8 Å². The molecule has 1 aromatic heterocycles. The highest BCUT2D eigenvalue weighted by Gasteiger charge is 2.27. The Morgan fingerprint density at radius 1 is 1.57 bits per heavy atom. The molecule has 0 aromatic carbocycles. The Kier molecular flexibility index (Phi) is 2.46. The molecule has 0 aliphatic heterocycles. The monoisotopic (exact) mass is 195 g/mol. The van der Waals surface area contributed by atoms with E-state index in [0.717, 1.165) is 18.4 Å². The molecular weight excluding hydrogens is 178 g/mol. The predicted octanol–water partition coefficient (Wildman–Crippen LogP) is 1.23. The summed E-state index contributed by atoms with van der Waals surface area (Å²) in [6.45, 7) is 0. The third kappa shape index (κ3) is 1.50. The van der Waals surface area contributed by atoms with Gasteiger partial charge in [0.2, 0.25) is 0 Å². The molecule has 1 aromatic rings. The van der Waals surface area contributed by atoms with Gasteiger partial charge in [0.25, 0.3) is 0 Å². The Morgan fingerprint density at radius 3 is 2.71 bits per heavy atom. The van der Waals surface area contributed by atoms with Crippen molar-refractivity contribution in [2.75, 3.05) is 5.73 Å². The summed E-state index contributed by atoms with van der Waals surface area (Å²) in [6, 6.07) is 0. The van der Waals surface area contributed by atoms with Crippen molar-refractivity contribution in [3.8, 4) is 0 Å². The molecule has 2 rings (SSSR count). The highest BCUT2D eigenvalue weighted by Crippen LogP contribution is 2.37. The number of hydrogen-bond acceptors (Lipinski definition) is 3. The molecule has 3 N–H and O–H groups in total. The molecular formula is C10H17N3O. The lowest BCUT2D eigenvalue weighted by Gasteiger charge is -2.16. The van der Waals surface area contributed by atoms with Gasteiger partial charge in [-0.25, -0.2) is 0 Å². The van der Waals surface area contributed by atoms with Gasteiger partial charge in [0, 0.05) is 12.6 Å². The summed E-state index contributed by atoms with van der Waals surface area (Å²) in [5.74, 6) is 0.964. The summed E-state index contributed by atoms with van der Waals surface area (Å²) in [7, 11) is 1.79. The van der Waals surface area contributed by atoms with Gasteiger partial charge in [-0.05, 0) is 18.8 Å². The van der Waals surface area contributed by atoms with Gasteiger partial charge in [-0.15, -0.1) is 0 Å². The Morgan fingerprint density at radius 2 is 2.21 bits per heavy atom. The van der Waals surface area contributed by atoms with Crippen LogP contribution in [0.5, 0.6) is 0 Å². The summed E-state index contributed by atoms with van der Waals surface area (Å²) in [4.78, 5) is 0. The van der Waals surface area contributed by atoms with Crippen molar-refractivity contribution < 1.29 is 5.11 Å². The van der Waals surface area contributed by atoms with Crippen molar-refractivity contribution >= 4 is 5.82 Å². The van der Waals surface area contributed by atoms with E-state index in [0.29, 0.717) is 11.7 Å². The molecule has 1 aliphatic carbocycles. The van der Waals surface area contributed by atoms with Gasteiger partial charge in [-0.3, -0.25) is 4.68 Å². The molecule has 1 unspecified atom stereocenters. The fourth-order valence-corrected chi connectivity index (χ4v) is 2.22. The van der Waals surface area contributed by atoms with Crippen molar-refractivity contribution in [2.24, 2.45) is 13.0 Å². The minimum absolute atomic E-state index is 0.376. The van der Waals surface area contributed by atoms with Gasteiger partial charge < -0.3 is 10.8 Å². The second-order valence-electron chi connectivity index (χ2n) is 4.10. The number of rotatable bonds is 2. The molecule has 1 fully saturated rings. The van der Waals surface area contributed by atoms with Crippen LogP contribution >= 0.6 is 0 Å². The number of anilines is 1. The van der Waals surface area contributed by atoms with E-state index in [1.165, 1.54) is 12.8 Å². The second kappa shape index (κ2) is 3.61. The van der Waals surface area contributed by atoms with Crippen LogP contribution < -0.4 is 5.73 Å². The maximum absolute atomic E-state index is 10.1. The van der Waals surface area contributed by atoms with Crippen molar-refractivity contribution in [1.82, 2.24) is 9.78 Å². The van der Waals surface area contributed by atoms with Gasteiger partial charge in [0.1, 0.15) is 5.82 Å². The standard InChI is InChI=1S/C10H17N3O/c1-13-10(11)8(6-12-13)9(14)7-4-2-3-5-7/h6-7,9,14H,2-5,11H2,1H3. The molecule has 1 atom stereocenters. The highest BCUT2D eigenvalue weighted by molar-refractivity contribution is 5.40. The van der Waals surface area contributed by atoms with Crippen molar-refractivity contribution in [1.29, 1.82) is 0 Å². The van der Waals surface area contributed by atoms with E-state index in [9.17, 15) is 5.11 Å². The van der Waals surface area contributed by atoms with E-state index >= 15 is 0 Å². The minimum atomic E-state index is -0.425. The van der Waals surface area contributed by atoms with Crippen LogP contribution in [0.3, 0.4) is 0 Å². The molecule has 0 saturated heterocycles. The van der Waals surface area contributed by atoms with Crippen LogP contribution in [0.15, 0.2) is 6.20 Å². The molecule has 4 nitrogen and oxygen atoms in total. The number of aliphatic hydroxyl groups is 1. The molecule has 0 radical (unpaired) electrons. The fourth-order valence-electron chi connectivity index (χ4n) is 2.22. The molecule has 1 heterocycles. The quantitative estimate of drug-likeness (QED) is 0.746. The number of nitrogens with two attached hydrogens (primary N) is 1. The SMILES string of the molecule is Cn1ncc(C(O)C2CCCC2)c1N. The van der Waals surface area contributed by atoms with Gasteiger partial charge in [-0.2, -0.15) is 5.10 Å². The summed E-state index contributed by atoms with van der Waals surface area (Å²) in [5, 5.41) is 14.1. The van der Waals surface area contributed by atoms with E-state index in [-0.39, 0.29) is 0 Å². The van der Waals surface area contributed by atoms with E-state index < -0.39 is 6.10 Å². The summed E-state index contributed by atoms with van der Waals surface area (Å²) < 4.78 is 1.60. The molecule has 14 heavy (non-hydrogen) atoms. The zero-order chi connectivity index (χ0) is 10.1. The van der Waals surface area contributed by atoms with E-state index in [1.807, 2.05) is 0 Å². The Balaban J connectivity index is 2.17. The van der Waals surface area contributed by atoms with Crippen LogP contribution in [0.2, 0.25) is 0 Å². The normalized spacial score (nSPS) is 20.1. The maximum Gasteiger partial charge on any atom is 0.127 e. The molecule has 1 saturated carbocycles. The maximum atomic E-state index is 10.1. The Bertz CT molecular complexity index is 315. The summed E-state index contributed by atoms with van der Waals surface area (Å²) in [5.41, 5.74) is 6.60. The van der Waals surface area contributed by atoms with Crippen LogP contribution in [-0.4, -0.2) is 14.9 Å². The first-order chi connectivity index (χ1) is 6.70. The first-order valence-electron chi connectivity index (χ1n) is 5.15. The zero-order valence-electron chi connectivity index (χ0n) is 8.48. The molecule has 0 spiro atoms. The first-order valence-corrected chi connectivity index (χ1v) is 5.15. The minimum Gasteiger partial charge on any atom is -0.388 e. The summed E-state index contributed by atoms with van der Waals surface area (Å²) in [6.07, 6.45) is 5.92. The molecule has 4 heteroatoms. The lowest BCUT2D eigenvalue weighted by Crippen LogP contribution is -2.10. The van der Waals surface area contributed by atoms with E-state index in [1.54, 1.807) is 17.9 Å². The largest absolute Gasteiger partial charge is 0.388 e. The Hall–Kier alpha value is -1.03. The smallest absolute Gasteiger partial charge is 0.127 e.